The number of unbranched alkanes of at least 4 members (excludes halogenated alkanes) is 1. The first-order valence-corrected chi connectivity index (χ1v) is 10.2. The minimum atomic E-state index is -0.216. The van der Waals surface area contributed by atoms with Crippen molar-refractivity contribution in [2.24, 2.45) is 0 Å². The fraction of sp³-hybridized carbons (Fsp3) is 0.545. The van der Waals surface area contributed by atoms with Gasteiger partial charge in [-0.15, -0.1) is 0 Å². The Bertz CT molecular complexity index is 725. The number of likely N-dealkylation sites (tertiary alicyclic amines) is 1. The van der Waals surface area contributed by atoms with Crippen molar-refractivity contribution < 1.29 is 9.18 Å². The molecule has 0 saturated carbocycles. The molecule has 0 radical (unpaired) electrons. The van der Waals surface area contributed by atoms with Crippen LogP contribution >= 0.6 is 0 Å². The zero-order chi connectivity index (χ0) is 19.1. The Morgan fingerprint density at radius 2 is 2.07 bits per heavy atom. The molecule has 4 nitrogen and oxygen atoms in total. The smallest absolute Gasteiger partial charge is 0.222 e. The number of aryl methyl sites for hydroxylation is 2. The quantitative estimate of drug-likeness (QED) is 0.683. The van der Waals surface area contributed by atoms with Crippen LogP contribution in [0.15, 0.2) is 36.7 Å². The molecule has 146 valence electrons. The van der Waals surface area contributed by atoms with Crippen LogP contribution in [0, 0.1) is 5.82 Å². The molecule has 0 spiro atoms. The van der Waals surface area contributed by atoms with Gasteiger partial charge in [-0.2, -0.15) is 0 Å². The second kappa shape index (κ2) is 9.67. The summed E-state index contributed by atoms with van der Waals surface area (Å²) in [5.74, 6) is 1.49. The standard InChI is InChI=1S/C22H30FN3O/c1-2-3-14-25-16-13-24-22(25)19-7-5-15-26(17-19)21(27)8-4-6-18-9-11-20(23)12-10-18/h9-13,16,19H,2-8,14-15,17H2,1H3/t19-/m0/s1. The number of piperidine rings is 1. The number of rotatable bonds is 8. The minimum absolute atomic E-state index is 0.216. The normalized spacial score (nSPS) is 17.3. The van der Waals surface area contributed by atoms with Crippen LogP contribution in [-0.2, 0) is 17.8 Å². The summed E-state index contributed by atoms with van der Waals surface area (Å²) < 4.78 is 15.2. The van der Waals surface area contributed by atoms with Gasteiger partial charge in [0.05, 0.1) is 0 Å². The lowest BCUT2D eigenvalue weighted by molar-refractivity contribution is -0.132. The van der Waals surface area contributed by atoms with Crippen molar-refractivity contribution in [3.63, 3.8) is 0 Å². The van der Waals surface area contributed by atoms with E-state index in [1.54, 1.807) is 12.1 Å². The van der Waals surface area contributed by atoms with Crippen LogP contribution in [0.1, 0.15) is 62.8 Å². The number of hydrogen-bond donors (Lipinski definition) is 0. The topological polar surface area (TPSA) is 38.1 Å². The van der Waals surface area contributed by atoms with Gasteiger partial charge in [-0.25, -0.2) is 9.37 Å². The van der Waals surface area contributed by atoms with Crippen LogP contribution in [-0.4, -0.2) is 33.4 Å². The lowest BCUT2D eigenvalue weighted by atomic mass is 9.96. The maximum Gasteiger partial charge on any atom is 0.222 e. The van der Waals surface area contributed by atoms with Crippen LogP contribution in [0.5, 0.6) is 0 Å². The number of hydrogen-bond acceptors (Lipinski definition) is 2. The van der Waals surface area contributed by atoms with Crippen molar-refractivity contribution in [2.75, 3.05) is 13.1 Å². The highest BCUT2D eigenvalue weighted by molar-refractivity contribution is 5.76. The lowest BCUT2D eigenvalue weighted by Crippen LogP contribution is -2.39. The van der Waals surface area contributed by atoms with Gasteiger partial charge in [0.25, 0.3) is 0 Å². The summed E-state index contributed by atoms with van der Waals surface area (Å²) >= 11 is 0. The maximum atomic E-state index is 13.0. The lowest BCUT2D eigenvalue weighted by Gasteiger charge is -2.33. The van der Waals surface area contributed by atoms with E-state index in [1.807, 2.05) is 11.1 Å². The second-order valence-corrected chi connectivity index (χ2v) is 7.49. The van der Waals surface area contributed by atoms with Crippen molar-refractivity contribution in [1.29, 1.82) is 0 Å². The average molecular weight is 372 g/mol. The predicted octanol–water partition coefficient (Wildman–Crippen LogP) is 4.55. The van der Waals surface area contributed by atoms with Crippen LogP contribution < -0.4 is 0 Å². The molecule has 2 heterocycles. The Morgan fingerprint density at radius 3 is 2.85 bits per heavy atom. The van der Waals surface area contributed by atoms with Crippen LogP contribution in [0.4, 0.5) is 4.39 Å². The molecular weight excluding hydrogens is 341 g/mol. The first kappa shape index (κ1) is 19.6. The third-order valence-electron chi connectivity index (χ3n) is 5.41. The molecule has 0 bridgehead atoms. The van der Waals surface area contributed by atoms with E-state index in [1.165, 1.54) is 18.6 Å². The van der Waals surface area contributed by atoms with E-state index < -0.39 is 0 Å². The molecule has 1 aromatic heterocycles. The SMILES string of the molecule is CCCCn1ccnc1[C@H]1CCCN(C(=O)CCCc2ccc(F)cc2)C1. The average Bonchev–Trinajstić information content (AvgIpc) is 3.16. The van der Waals surface area contributed by atoms with E-state index >= 15 is 0 Å². The number of imidazole rings is 1. The van der Waals surface area contributed by atoms with Gasteiger partial charge in [0, 0.05) is 44.4 Å². The van der Waals surface area contributed by atoms with Gasteiger partial charge in [-0.05, 0) is 49.8 Å². The Balaban J connectivity index is 1.50. The molecule has 1 aromatic carbocycles. The van der Waals surface area contributed by atoms with Gasteiger partial charge in [0.2, 0.25) is 5.91 Å². The summed E-state index contributed by atoms with van der Waals surface area (Å²) in [5, 5.41) is 0. The predicted molar refractivity (Wildman–Crippen MR) is 105 cm³/mol. The minimum Gasteiger partial charge on any atom is -0.342 e. The van der Waals surface area contributed by atoms with Crippen molar-refractivity contribution >= 4 is 5.91 Å². The molecule has 1 amide bonds. The Morgan fingerprint density at radius 1 is 1.26 bits per heavy atom. The highest BCUT2D eigenvalue weighted by Crippen LogP contribution is 2.26. The third-order valence-corrected chi connectivity index (χ3v) is 5.41. The number of nitrogens with zero attached hydrogens (tertiary/aromatic N) is 3. The van der Waals surface area contributed by atoms with Crippen molar-refractivity contribution in [2.45, 2.75) is 64.3 Å². The number of halogens is 1. The fourth-order valence-corrected chi connectivity index (χ4v) is 3.87. The van der Waals surface area contributed by atoms with E-state index in [-0.39, 0.29) is 11.7 Å². The van der Waals surface area contributed by atoms with E-state index in [9.17, 15) is 9.18 Å². The Labute approximate surface area is 161 Å². The van der Waals surface area contributed by atoms with Crippen LogP contribution in [0.25, 0.3) is 0 Å². The molecule has 1 aliphatic heterocycles. The van der Waals surface area contributed by atoms with E-state index in [0.29, 0.717) is 12.3 Å². The molecule has 0 aliphatic carbocycles. The zero-order valence-electron chi connectivity index (χ0n) is 16.2. The Kier molecular flexibility index (Phi) is 7.02. The second-order valence-electron chi connectivity index (χ2n) is 7.49. The van der Waals surface area contributed by atoms with Gasteiger partial charge >= 0.3 is 0 Å². The summed E-state index contributed by atoms with van der Waals surface area (Å²) in [4.78, 5) is 19.3. The van der Waals surface area contributed by atoms with E-state index in [2.05, 4.69) is 22.7 Å². The van der Waals surface area contributed by atoms with Gasteiger partial charge < -0.3 is 9.47 Å². The van der Waals surface area contributed by atoms with Crippen molar-refractivity contribution in [3.8, 4) is 0 Å². The van der Waals surface area contributed by atoms with Gasteiger partial charge in [-0.3, -0.25) is 4.79 Å². The fourth-order valence-electron chi connectivity index (χ4n) is 3.87. The van der Waals surface area contributed by atoms with Crippen LogP contribution in [0.2, 0.25) is 0 Å². The first-order chi connectivity index (χ1) is 13.2. The molecule has 5 heteroatoms. The Hall–Kier alpha value is -2.17. The molecular formula is C22H30FN3O. The molecule has 1 fully saturated rings. The number of carbonyl (C=O) groups is 1. The summed E-state index contributed by atoms with van der Waals surface area (Å²) in [6.45, 7) is 4.83. The van der Waals surface area contributed by atoms with Crippen molar-refractivity contribution in [1.82, 2.24) is 14.5 Å². The third kappa shape index (κ3) is 5.41. The van der Waals surface area contributed by atoms with E-state index in [0.717, 1.165) is 63.1 Å². The molecule has 1 saturated heterocycles. The van der Waals surface area contributed by atoms with Gasteiger partial charge in [0.15, 0.2) is 0 Å². The van der Waals surface area contributed by atoms with Crippen LogP contribution in [0.3, 0.4) is 0 Å². The summed E-state index contributed by atoms with van der Waals surface area (Å²) in [5.41, 5.74) is 1.08. The summed E-state index contributed by atoms with van der Waals surface area (Å²) in [7, 11) is 0. The number of carbonyl (C=O) groups excluding carboxylic acids is 1. The number of benzene rings is 1. The van der Waals surface area contributed by atoms with Gasteiger partial charge in [0.1, 0.15) is 11.6 Å². The number of aromatic nitrogens is 2. The zero-order valence-corrected chi connectivity index (χ0v) is 16.2. The summed E-state index contributed by atoms with van der Waals surface area (Å²) in [6, 6.07) is 6.56. The molecule has 27 heavy (non-hydrogen) atoms. The molecule has 0 unspecified atom stereocenters. The molecule has 2 aromatic rings. The highest BCUT2D eigenvalue weighted by Gasteiger charge is 2.27. The summed E-state index contributed by atoms with van der Waals surface area (Å²) in [6.07, 6.45) is 10.6. The molecule has 3 rings (SSSR count). The monoisotopic (exact) mass is 371 g/mol. The first-order valence-electron chi connectivity index (χ1n) is 10.2. The molecule has 1 aliphatic rings. The maximum absolute atomic E-state index is 13.0. The molecule has 0 N–H and O–H groups in total. The van der Waals surface area contributed by atoms with Gasteiger partial charge in [-0.1, -0.05) is 25.5 Å². The number of amides is 1. The van der Waals surface area contributed by atoms with E-state index in [4.69, 9.17) is 0 Å². The molecule has 1 atom stereocenters. The van der Waals surface area contributed by atoms with Crippen molar-refractivity contribution in [3.05, 3.63) is 53.9 Å². The highest BCUT2D eigenvalue weighted by atomic mass is 19.1. The largest absolute Gasteiger partial charge is 0.342 e.